The molecular weight excluding hydrogens is 576 g/mol. The summed E-state index contributed by atoms with van der Waals surface area (Å²) in [5.41, 5.74) is 4.06. The molecule has 0 aromatic carbocycles. The lowest BCUT2D eigenvalue weighted by Crippen LogP contribution is -2.34. The number of piperidine rings is 1. The van der Waals surface area contributed by atoms with Gasteiger partial charge in [-0.1, -0.05) is 18.1 Å². The van der Waals surface area contributed by atoms with Crippen LogP contribution in [-0.2, 0) is 22.7 Å². The Morgan fingerprint density at radius 3 is 1.98 bits per heavy atom. The molecule has 1 spiro atoms. The molecule has 0 bridgehead atoms. The summed E-state index contributed by atoms with van der Waals surface area (Å²) in [7, 11) is 0. The van der Waals surface area contributed by atoms with Crippen molar-refractivity contribution in [2.24, 2.45) is 5.41 Å². The van der Waals surface area contributed by atoms with Crippen LogP contribution in [0.1, 0.15) is 68.1 Å². The molecule has 0 atom stereocenters. The summed E-state index contributed by atoms with van der Waals surface area (Å²) in [6.45, 7) is 8.67. The van der Waals surface area contributed by atoms with Crippen molar-refractivity contribution in [1.82, 2.24) is 35.0 Å². The Morgan fingerprint density at radius 2 is 1.48 bits per heavy atom. The molecule has 2 aromatic heterocycles. The first-order chi connectivity index (χ1) is 19.6. The fraction of sp³-hybridized carbons (Fsp3) is 0.720. The number of alkyl halides is 6. The number of aromatic amines is 1. The lowest BCUT2D eigenvalue weighted by molar-refractivity contribution is -0.193. The third-order valence-corrected chi connectivity index (χ3v) is 7.69. The number of aliphatic carboxylic acids is 2. The first-order valence-corrected chi connectivity index (χ1v) is 13.5. The number of hydrogen-bond acceptors (Lipinski definition) is 7. The highest BCUT2D eigenvalue weighted by molar-refractivity contribution is 5.73. The van der Waals surface area contributed by atoms with Gasteiger partial charge in [0.1, 0.15) is 0 Å². The van der Waals surface area contributed by atoms with Crippen molar-refractivity contribution in [1.29, 1.82) is 0 Å². The van der Waals surface area contributed by atoms with Crippen LogP contribution in [0, 0.1) is 12.3 Å². The Hall–Kier alpha value is -3.21. The molecule has 0 amide bonds. The molecule has 17 heteroatoms. The molecule has 0 radical (unpaired) electrons. The third kappa shape index (κ3) is 9.96. The van der Waals surface area contributed by atoms with Gasteiger partial charge in [-0.3, -0.25) is 14.9 Å². The van der Waals surface area contributed by atoms with Crippen molar-refractivity contribution >= 4 is 11.9 Å². The minimum atomic E-state index is -5.08. The van der Waals surface area contributed by atoms with E-state index in [4.69, 9.17) is 19.8 Å². The van der Waals surface area contributed by atoms with E-state index >= 15 is 0 Å². The fourth-order valence-electron chi connectivity index (χ4n) is 5.62. The molecule has 2 aromatic rings. The lowest BCUT2D eigenvalue weighted by atomic mass is 9.86. The molecule has 2 aliphatic heterocycles. The van der Waals surface area contributed by atoms with Crippen LogP contribution in [0.3, 0.4) is 0 Å². The number of halogens is 6. The number of carboxylic acids is 2. The van der Waals surface area contributed by atoms with Gasteiger partial charge < -0.3 is 10.2 Å². The zero-order valence-corrected chi connectivity index (χ0v) is 23.1. The number of H-pyrrole nitrogens is 1. The van der Waals surface area contributed by atoms with Crippen LogP contribution in [0.15, 0.2) is 12.3 Å². The molecule has 3 aliphatic rings. The van der Waals surface area contributed by atoms with Crippen LogP contribution in [0.2, 0.25) is 0 Å². The van der Waals surface area contributed by atoms with E-state index in [-0.39, 0.29) is 0 Å². The van der Waals surface area contributed by atoms with Crippen LogP contribution in [0.5, 0.6) is 0 Å². The van der Waals surface area contributed by atoms with Gasteiger partial charge in [-0.25, -0.2) is 14.3 Å². The number of rotatable bonds is 5. The van der Waals surface area contributed by atoms with Crippen molar-refractivity contribution in [3.05, 3.63) is 29.3 Å². The Kier molecular flexibility index (Phi) is 11.0. The van der Waals surface area contributed by atoms with E-state index in [1.54, 1.807) is 0 Å². The van der Waals surface area contributed by atoms with E-state index in [0.29, 0.717) is 11.5 Å². The number of carbonyl (C=O) groups is 2. The van der Waals surface area contributed by atoms with Crippen molar-refractivity contribution in [3.8, 4) is 0 Å². The summed E-state index contributed by atoms with van der Waals surface area (Å²) < 4.78 is 65.6. The third-order valence-electron chi connectivity index (χ3n) is 7.69. The Morgan fingerprint density at radius 1 is 0.929 bits per heavy atom. The fourth-order valence-corrected chi connectivity index (χ4v) is 5.62. The zero-order chi connectivity index (χ0) is 31.1. The number of carboxylic acid groups (broad SMARTS) is 2. The van der Waals surface area contributed by atoms with Gasteiger partial charge in [0.25, 0.3) is 0 Å². The second-order valence-corrected chi connectivity index (χ2v) is 11.0. The van der Waals surface area contributed by atoms with Gasteiger partial charge in [-0.2, -0.15) is 31.4 Å². The van der Waals surface area contributed by atoms with Crippen molar-refractivity contribution in [2.45, 2.75) is 83.4 Å². The van der Waals surface area contributed by atoms with E-state index in [1.165, 1.54) is 45.2 Å². The molecule has 2 saturated heterocycles. The van der Waals surface area contributed by atoms with Gasteiger partial charge >= 0.3 is 24.3 Å². The second kappa shape index (κ2) is 13.8. The van der Waals surface area contributed by atoms with Gasteiger partial charge in [0, 0.05) is 38.4 Å². The average molecular weight is 612 g/mol. The molecule has 4 heterocycles. The van der Waals surface area contributed by atoms with Crippen LogP contribution in [-0.4, -0.2) is 95.7 Å². The molecule has 11 nitrogen and oxygen atoms in total. The van der Waals surface area contributed by atoms with Crippen LogP contribution in [0.4, 0.5) is 26.3 Å². The molecule has 0 unspecified atom stereocenters. The van der Waals surface area contributed by atoms with E-state index < -0.39 is 24.3 Å². The molecular formula is C25H35F6N7O4. The minimum absolute atomic E-state index is 0.484. The summed E-state index contributed by atoms with van der Waals surface area (Å²) in [4.78, 5) is 22.9. The van der Waals surface area contributed by atoms with Crippen molar-refractivity contribution in [3.63, 3.8) is 0 Å². The van der Waals surface area contributed by atoms with Gasteiger partial charge in [-0.15, -0.1) is 5.10 Å². The summed E-state index contributed by atoms with van der Waals surface area (Å²) in [5, 5.41) is 30.6. The van der Waals surface area contributed by atoms with Crippen molar-refractivity contribution in [2.75, 3.05) is 26.2 Å². The van der Waals surface area contributed by atoms with Gasteiger partial charge in [0.05, 0.1) is 23.6 Å². The SMILES string of the molecule is Cc1cc(CN2CCC(n3cc(CN4CCC5(CCCC5)C4)nn3)CC2)n[nH]1.O=C(O)C(F)(F)F.O=C(O)C(F)(F)F. The van der Waals surface area contributed by atoms with Crippen LogP contribution >= 0.6 is 0 Å². The van der Waals surface area contributed by atoms with Crippen LogP contribution < -0.4 is 0 Å². The maximum Gasteiger partial charge on any atom is 0.490 e. The molecule has 236 valence electrons. The van der Waals surface area contributed by atoms with E-state index in [9.17, 15) is 26.3 Å². The highest BCUT2D eigenvalue weighted by Crippen LogP contribution is 2.45. The number of aryl methyl sites for hydroxylation is 1. The summed E-state index contributed by atoms with van der Waals surface area (Å²) in [6.07, 6.45) is 1.44. The second-order valence-electron chi connectivity index (χ2n) is 11.0. The quantitative estimate of drug-likeness (QED) is 0.425. The number of nitrogens with one attached hydrogen (secondary N) is 1. The van der Waals surface area contributed by atoms with Crippen molar-refractivity contribution < 1.29 is 46.1 Å². The number of likely N-dealkylation sites (tertiary alicyclic amines) is 2. The lowest BCUT2D eigenvalue weighted by Gasteiger charge is -2.31. The summed E-state index contributed by atoms with van der Waals surface area (Å²) in [6, 6.07) is 2.63. The zero-order valence-electron chi connectivity index (χ0n) is 23.1. The topological polar surface area (TPSA) is 140 Å². The Balaban J connectivity index is 0.000000289. The Bertz CT molecular complexity index is 1140. The monoisotopic (exact) mass is 611 g/mol. The predicted molar refractivity (Wildman–Crippen MR) is 135 cm³/mol. The molecule has 1 saturated carbocycles. The molecule has 3 N–H and O–H groups in total. The standard InChI is InChI=1S/C21H33N7.2C2HF3O2/c1-17-12-18(23-22-17)13-26-9-4-20(5-10-26)28-15-19(24-25-28)14-27-11-8-21(16-27)6-2-3-7-21;2*3-2(4,5)1(6)7/h12,15,20H,2-11,13-14,16H2,1H3,(H,22,23);2*(H,6,7). The predicted octanol–water partition coefficient (Wildman–Crippen LogP) is 4.18. The number of nitrogens with zero attached hydrogens (tertiary/aromatic N) is 6. The Labute approximate surface area is 237 Å². The van der Waals surface area contributed by atoms with Gasteiger partial charge in [0.15, 0.2) is 0 Å². The minimum Gasteiger partial charge on any atom is -0.475 e. The maximum atomic E-state index is 10.6. The first-order valence-electron chi connectivity index (χ1n) is 13.5. The number of aromatic nitrogens is 5. The number of hydrogen-bond donors (Lipinski definition) is 3. The summed E-state index contributed by atoms with van der Waals surface area (Å²) in [5.74, 6) is -5.51. The first kappa shape index (κ1) is 33.3. The molecule has 42 heavy (non-hydrogen) atoms. The van der Waals surface area contributed by atoms with E-state index in [1.807, 2.05) is 0 Å². The largest absolute Gasteiger partial charge is 0.490 e. The van der Waals surface area contributed by atoms with Crippen LogP contribution in [0.25, 0.3) is 0 Å². The molecule has 5 rings (SSSR count). The van der Waals surface area contributed by atoms with E-state index in [2.05, 4.69) is 54.2 Å². The highest BCUT2D eigenvalue weighted by atomic mass is 19.4. The normalized spacial score (nSPS) is 19.7. The average Bonchev–Trinajstić information content (AvgIpc) is 3.70. The smallest absolute Gasteiger partial charge is 0.475 e. The maximum absolute atomic E-state index is 10.6. The molecule has 3 fully saturated rings. The van der Waals surface area contributed by atoms with E-state index in [0.717, 1.165) is 56.1 Å². The molecule has 1 aliphatic carbocycles. The van der Waals surface area contributed by atoms with Gasteiger partial charge in [0.2, 0.25) is 0 Å². The highest BCUT2D eigenvalue weighted by Gasteiger charge is 2.40. The van der Waals surface area contributed by atoms with Gasteiger partial charge in [-0.05, 0) is 57.1 Å². The summed E-state index contributed by atoms with van der Waals surface area (Å²) >= 11 is 0.